The number of amides is 1. The number of rotatable bonds is 3. The van der Waals surface area contributed by atoms with Crippen molar-refractivity contribution in [1.29, 1.82) is 0 Å². The molecule has 1 aliphatic rings. The van der Waals surface area contributed by atoms with Crippen LogP contribution in [0.5, 0.6) is 0 Å². The molecule has 3 nitrogen and oxygen atoms in total. The fourth-order valence-corrected chi connectivity index (χ4v) is 2.72. The van der Waals surface area contributed by atoms with Gasteiger partial charge in [-0.25, -0.2) is 0 Å². The van der Waals surface area contributed by atoms with Gasteiger partial charge in [0.2, 0.25) is 5.91 Å². The van der Waals surface area contributed by atoms with Crippen molar-refractivity contribution in [3.05, 3.63) is 26.8 Å². The number of carbonyl (C=O) groups is 1. The third kappa shape index (κ3) is 2.92. The third-order valence-electron chi connectivity index (χ3n) is 3.09. The van der Waals surface area contributed by atoms with Gasteiger partial charge < -0.3 is 11.1 Å². The van der Waals surface area contributed by atoms with Crippen LogP contribution >= 0.6 is 34.2 Å². The van der Waals surface area contributed by atoms with Crippen LogP contribution < -0.4 is 11.1 Å². The van der Waals surface area contributed by atoms with E-state index in [1.807, 2.05) is 6.07 Å². The van der Waals surface area contributed by atoms with Crippen LogP contribution in [0.15, 0.2) is 18.2 Å². The van der Waals surface area contributed by atoms with E-state index >= 15 is 0 Å². The van der Waals surface area contributed by atoms with Gasteiger partial charge in [-0.15, -0.1) is 0 Å². The molecule has 1 aromatic rings. The van der Waals surface area contributed by atoms with E-state index < -0.39 is 5.54 Å². The Morgan fingerprint density at radius 1 is 1.59 bits per heavy atom. The van der Waals surface area contributed by atoms with Crippen LogP contribution in [0.1, 0.15) is 19.8 Å². The first kappa shape index (κ1) is 13.1. The summed E-state index contributed by atoms with van der Waals surface area (Å²) >= 11 is 8.00. The SMILES string of the molecule is CC(N)(C(=O)Nc1ccc(Cl)cc1I)C1CC1. The van der Waals surface area contributed by atoms with E-state index in [0.29, 0.717) is 10.9 Å². The molecule has 1 aliphatic carbocycles. The number of carbonyl (C=O) groups excluding carboxylic acids is 1. The molecule has 0 aromatic heterocycles. The maximum absolute atomic E-state index is 12.1. The predicted octanol–water partition coefficient (Wildman–Crippen LogP) is 3.01. The number of anilines is 1. The first-order valence-corrected chi connectivity index (χ1v) is 6.92. The highest BCUT2D eigenvalue weighted by Gasteiger charge is 2.44. The predicted molar refractivity (Wildman–Crippen MR) is 78.1 cm³/mol. The number of hydrogen-bond donors (Lipinski definition) is 2. The molecular formula is C12H14ClIN2O. The van der Waals surface area contributed by atoms with Gasteiger partial charge in [0.15, 0.2) is 0 Å². The normalized spacial score (nSPS) is 18.6. The van der Waals surface area contributed by atoms with Gasteiger partial charge in [0.05, 0.1) is 11.2 Å². The summed E-state index contributed by atoms with van der Waals surface area (Å²) in [5.74, 6) is 0.188. The molecule has 92 valence electrons. The third-order valence-corrected chi connectivity index (χ3v) is 4.22. The fourth-order valence-electron chi connectivity index (χ4n) is 1.72. The van der Waals surface area contributed by atoms with Gasteiger partial charge in [0, 0.05) is 8.59 Å². The van der Waals surface area contributed by atoms with E-state index in [1.165, 1.54) is 0 Å². The molecule has 1 unspecified atom stereocenters. The van der Waals surface area contributed by atoms with Crippen molar-refractivity contribution in [2.45, 2.75) is 25.3 Å². The molecule has 1 amide bonds. The molecule has 2 rings (SSSR count). The molecule has 0 bridgehead atoms. The smallest absolute Gasteiger partial charge is 0.244 e. The average Bonchev–Trinajstić information content (AvgIpc) is 3.05. The first-order valence-electron chi connectivity index (χ1n) is 5.46. The average molecular weight is 365 g/mol. The van der Waals surface area contributed by atoms with Crippen molar-refractivity contribution < 1.29 is 4.79 Å². The van der Waals surface area contributed by atoms with Gasteiger partial charge in [0.1, 0.15) is 0 Å². The molecule has 5 heteroatoms. The largest absolute Gasteiger partial charge is 0.324 e. The molecule has 1 atom stereocenters. The molecule has 0 saturated heterocycles. The Balaban J connectivity index is 2.12. The summed E-state index contributed by atoms with van der Waals surface area (Å²) in [6.45, 7) is 1.79. The second-order valence-electron chi connectivity index (χ2n) is 4.64. The zero-order chi connectivity index (χ0) is 12.6. The molecule has 0 aliphatic heterocycles. The molecule has 1 saturated carbocycles. The minimum absolute atomic E-state index is 0.125. The molecule has 0 radical (unpaired) electrons. The summed E-state index contributed by atoms with van der Waals surface area (Å²) in [7, 11) is 0. The Morgan fingerprint density at radius 3 is 2.76 bits per heavy atom. The van der Waals surface area contributed by atoms with Gasteiger partial charge in [0.25, 0.3) is 0 Å². The minimum Gasteiger partial charge on any atom is -0.324 e. The Hall–Kier alpha value is -0.330. The number of halogens is 2. The van der Waals surface area contributed by atoms with E-state index in [0.717, 1.165) is 22.1 Å². The molecular weight excluding hydrogens is 351 g/mol. The first-order chi connectivity index (χ1) is 7.91. The van der Waals surface area contributed by atoms with Crippen LogP contribution in [0.3, 0.4) is 0 Å². The second kappa shape index (κ2) is 4.74. The van der Waals surface area contributed by atoms with Crippen molar-refractivity contribution in [3.63, 3.8) is 0 Å². The minimum atomic E-state index is -0.775. The molecule has 0 spiro atoms. The van der Waals surface area contributed by atoms with E-state index in [4.69, 9.17) is 17.3 Å². The van der Waals surface area contributed by atoms with Gasteiger partial charge in [-0.2, -0.15) is 0 Å². The summed E-state index contributed by atoms with van der Waals surface area (Å²) < 4.78 is 0.912. The number of nitrogens with one attached hydrogen (secondary N) is 1. The molecule has 1 fully saturated rings. The molecule has 17 heavy (non-hydrogen) atoms. The highest BCUT2D eigenvalue weighted by molar-refractivity contribution is 14.1. The lowest BCUT2D eigenvalue weighted by Gasteiger charge is -2.23. The quantitative estimate of drug-likeness (QED) is 0.810. The summed E-state index contributed by atoms with van der Waals surface area (Å²) in [6.07, 6.45) is 2.08. The second-order valence-corrected chi connectivity index (χ2v) is 6.23. The maximum Gasteiger partial charge on any atom is 0.244 e. The van der Waals surface area contributed by atoms with Crippen molar-refractivity contribution >= 4 is 45.8 Å². The zero-order valence-electron chi connectivity index (χ0n) is 9.47. The Morgan fingerprint density at radius 2 is 2.24 bits per heavy atom. The number of hydrogen-bond acceptors (Lipinski definition) is 2. The highest BCUT2D eigenvalue weighted by Crippen LogP contribution is 2.38. The van der Waals surface area contributed by atoms with Gasteiger partial charge in [-0.05, 0) is 66.5 Å². The Bertz CT molecular complexity index is 458. The van der Waals surface area contributed by atoms with Gasteiger partial charge >= 0.3 is 0 Å². The topological polar surface area (TPSA) is 55.1 Å². The van der Waals surface area contributed by atoms with Crippen molar-refractivity contribution in [2.75, 3.05) is 5.32 Å². The molecule has 3 N–H and O–H groups in total. The van der Waals surface area contributed by atoms with Crippen LogP contribution in [0, 0.1) is 9.49 Å². The van der Waals surface area contributed by atoms with Crippen LogP contribution in [-0.4, -0.2) is 11.4 Å². The molecule has 0 heterocycles. The Labute approximate surface area is 119 Å². The fraction of sp³-hybridized carbons (Fsp3) is 0.417. The lowest BCUT2D eigenvalue weighted by atomic mass is 9.96. The van der Waals surface area contributed by atoms with E-state index in [1.54, 1.807) is 19.1 Å². The summed E-state index contributed by atoms with van der Waals surface area (Å²) in [4.78, 5) is 12.1. The standard InChI is InChI=1S/C12H14ClIN2O/c1-12(15,7-2-3-7)11(17)16-10-5-4-8(13)6-9(10)14/h4-7H,2-3,15H2,1H3,(H,16,17). The van der Waals surface area contributed by atoms with E-state index in [9.17, 15) is 4.79 Å². The Kier molecular flexibility index (Phi) is 3.66. The summed E-state index contributed by atoms with van der Waals surface area (Å²) in [5, 5.41) is 3.53. The van der Waals surface area contributed by atoms with Crippen LogP contribution in [-0.2, 0) is 4.79 Å². The van der Waals surface area contributed by atoms with E-state index in [2.05, 4.69) is 27.9 Å². The number of nitrogens with two attached hydrogens (primary N) is 1. The van der Waals surface area contributed by atoms with Gasteiger partial charge in [-0.3, -0.25) is 4.79 Å². The van der Waals surface area contributed by atoms with Crippen molar-refractivity contribution in [1.82, 2.24) is 0 Å². The maximum atomic E-state index is 12.1. The van der Waals surface area contributed by atoms with Crippen LogP contribution in [0.4, 0.5) is 5.69 Å². The van der Waals surface area contributed by atoms with Crippen LogP contribution in [0.25, 0.3) is 0 Å². The van der Waals surface area contributed by atoms with Crippen LogP contribution in [0.2, 0.25) is 5.02 Å². The lowest BCUT2D eigenvalue weighted by Crippen LogP contribution is -2.50. The highest BCUT2D eigenvalue weighted by atomic mass is 127. The summed E-state index contributed by atoms with van der Waals surface area (Å²) in [6, 6.07) is 5.36. The number of benzene rings is 1. The lowest BCUT2D eigenvalue weighted by molar-refractivity contribution is -0.121. The van der Waals surface area contributed by atoms with Crippen molar-refractivity contribution in [2.24, 2.45) is 11.7 Å². The zero-order valence-corrected chi connectivity index (χ0v) is 12.4. The summed E-state index contributed by atoms with van der Waals surface area (Å²) in [5.41, 5.74) is 6.04. The van der Waals surface area contributed by atoms with E-state index in [-0.39, 0.29) is 5.91 Å². The molecule has 1 aromatic carbocycles. The van der Waals surface area contributed by atoms with Gasteiger partial charge in [-0.1, -0.05) is 11.6 Å². The van der Waals surface area contributed by atoms with Crippen molar-refractivity contribution in [3.8, 4) is 0 Å². The monoisotopic (exact) mass is 364 g/mol.